The van der Waals surface area contributed by atoms with Gasteiger partial charge in [0, 0.05) is 11.8 Å². The Bertz CT molecular complexity index is 1380. The van der Waals surface area contributed by atoms with Crippen LogP contribution in [-0.2, 0) is 22.9 Å². The number of nitrogens with one attached hydrogen (secondary N) is 2. The number of carbonyl (C=O) groups is 1. The van der Waals surface area contributed by atoms with E-state index in [4.69, 9.17) is 4.74 Å². The van der Waals surface area contributed by atoms with Gasteiger partial charge in [0.05, 0.1) is 29.1 Å². The minimum Gasteiger partial charge on any atom is -0.469 e. The molecular weight excluding hydrogens is 506 g/mol. The summed E-state index contributed by atoms with van der Waals surface area (Å²) >= 11 is 0. The van der Waals surface area contributed by atoms with Crippen LogP contribution >= 0.6 is 0 Å². The molecule has 10 heteroatoms. The standard InChI is InChI=1S/C28H33N3O6S/c1-4-18-10-12-22(13-11-18)38(35,36)31-24-23-15-20(16-29-27(23)37-28(2,3)25(24)33)26(34)30-21(17-32)14-19-8-6-5-7-9-19/h5-13,15-16,21,24-25,31-33H,4,14,17H2,1-3H3,(H,30,34)/t21-,24-,25+/m1/s1. The second kappa shape index (κ2) is 11.2. The molecule has 0 saturated carbocycles. The lowest BCUT2D eigenvalue weighted by atomic mass is 9.88. The molecular formula is C28H33N3O6S. The summed E-state index contributed by atoms with van der Waals surface area (Å²) in [6, 6.07) is 15.8. The Morgan fingerprint density at radius 1 is 1.11 bits per heavy atom. The zero-order chi connectivity index (χ0) is 27.5. The molecule has 0 fully saturated rings. The number of rotatable bonds is 9. The number of ether oxygens (including phenoxy) is 1. The van der Waals surface area contributed by atoms with Crippen LogP contribution in [0.25, 0.3) is 0 Å². The van der Waals surface area contributed by atoms with Gasteiger partial charge in [0.15, 0.2) is 0 Å². The van der Waals surface area contributed by atoms with E-state index >= 15 is 0 Å². The molecule has 0 radical (unpaired) electrons. The van der Waals surface area contributed by atoms with Crippen molar-refractivity contribution in [3.05, 3.63) is 89.1 Å². The van der Waals surface area contributed by atoms with Gasteiger partial charge in [0.2, 0.25) is 15.9 Å². The van der Waals surface area contributed by atoms with Crippen molar-refractivity contribution in [3.8, 4) is 5.88 Å². The molecule has 3 atom stereocenters. The van der Waals surface area contributed by atoms with Gasteiger partial charge in [-0.25, -0.2) is 18.1 Å². The van der Waals surface area contributed by atoms with Crippen molar-refractivity contribution in [2.24, 2.45) is 0 Å². The highest BCUT2D eigenvalue weighted by molar-refractivity contribution is 7.89. The highest BCUT2D eigenvalue weighted by Crippen LogP contribution is 2.39. The maximum absolute atomic E-state index is 13.3. The third-order valence-electron chi connectivity index (χ3n) is 6.67. The van der Waals surface area contributed by atoms with E-state index in [0.717, 1.165) is 17.5 Å². The molecule has 202 valence electrons. The SMILES string of the molecule is CCc1ccc(S(=O)(=O)N[C@@H]2c3cc(C(=O)N[C@@H](CO)Cc4ccccc4)cnc3OC(C)(C)[C@H]2O)cc1. The highest BCUT2D eigenvalue weighted by atomic mass is 32.2. The number of sulfonamides is 1. The van der Waals surface area contributed by atoms with Crippen molar-refractivity contribution >= 4 is 15.9 Å². The predicted octanol–water partition coefficient (Wildman–Crippen LogP) is 2.53. The van der Waals surface area contributed by atoms with Gasteiger partial charge in [-0.15, -0.1) is 0 Å². The summed E-state index contributed by atoms with van der Waals surface area (Å²) in [7, 11) is -4.03. The van der Waals surface area contributed by atoms with Gasteiger partial charge in [0.1, 0.15) is 11.7 Å². The predicted molar refractivity (Wildman–Crippen MR) is 142 cm³/mol. The number of carbonyl (C=O) groups excluding carboxylic acids is 1. The van der Waals surface area contributed by atoms with Crippen molar-refractivity contribution in [3.63, 3.8) is 0 Å². The van der Waals surface area contributed by atoms with Crippen LogP contribution in [0.1, 0.15) is 53.9 Å². The van der Waals surface area contributed by atoms with Crippen LogP contribution in [0.2, 0.25) is 0 Å². The van der Waals surface area contributed by atoms with Crippen molar-refractivity contribution < 1.29 is 28.2 Å². The molecule has 1 aliphatic rings. The minimum atomic E-state index is -4.03. The summed E-state index contributed by atoms with van der Waals surface area (Å²) in [4.78, 5) is 17.4. The first-order chi connectivity index (χ1) is 18.0. The first kappa shape index (κ1) is 27.7. The molecule has 3 aromatic rings. The Balaban J connectivity index is 1.61. The van der Waals surface area contributed by atoms with E-state index in [-0.39, 0.29) is 28.5 Å². The molecule has 1 aromatic heterocycles. The van der Waals surface area contributed by atoms with E-state index in [1.54, 1.807) is 26.0 Å². The third-order valence-corrected chi connectivity index (χ3v) is 8.13. The number of aryl methyl sites for hydroxylation is 1. The number of amides is 1. The zero-order valence-electron chi connectivity index (χ0n) is 21.6. The van der Waals surface area contributed by atoms with Crippen LogP contribution < -0.4 is 14.8 Å². The molecule has 38 heavy (non-hydrogen) atoms. The third kappa shape index (κ3) is 6.05. The summed E-state index contributed by atoms with van der Waals surface area (Å²) in [5.41, 5.74) is 1.18. The maximum atomic E-state index is 13.3. The summed E-state index contributed by atoms with van der Waals surface area (Å²) in [5, 5.41) is 23.7. The summed E-state index contributed by atoms with van der Waals surface area (Å²) in [6.07, 6.45) is 1.25. The van der Waals surface area contributed by atoms with Crippen molar-refractivity contribution in [2.75, 3.05) is 6.61 Å². The number of pyridine rings is 1. The monoisotopic (exact) mass is 539 g/mol. The Labute approximate surface area is 222 Å². The summed E-state index contributed by atoms with van der Waals surface area (Å²) < 4.78 is 35.0. The molecule has 1 amide bonds. The van der Waals surface area contributed by atoms with Gasteiger partial charge in [-0.1, -0.05) is 49.4 Å². The molecule has 0 spiro atoms. The minimum absolute atomic E-state index is 0.0568. The first-order valence-corrected chi connectivity index (χ1v) is 14.0. The molecule has 2 heterocycles. The van der Waals surface area contributed by atoms with E-state index in [2.05, 4.69) is 15.0 Å². The van der Waals surface area contributed by atoms with Crippen LogP contribution in [0.3, 0.4) is 0 Å². The molecule has 0 bridgehead atoms. The van der Waals surface area contributed by atoms with E-state index < -0.39 is 39.7 Å². The summed E-state index contributed by atoms with van der Waals surface area (Å²) in [5.74, 6) is -0.375. The Kier molecular flexibility index (Phi) is 8.17. The van der Waals surface area contributed by atoms with Crippen molar-refractivity contribution in [2.45, 2.75) is 62.3 Å². The van der Waals surface area contributed by atoms with Gasteiger partial charge in [-0.2, -0.15) is 0 Å². The fourth-order valence-corrected chi connectivity index (χ4v) is 5.60. The Morgan fingerprint density at radius 3 is 2.42 bits per heavy atom. The van der Waals surface area contributed by atoms with Crippen molar-refractivity contribution in [1.29, 1.82) is 0 Å². The quantitative estimate of drug-likeness (QED) is 0.328. The maximum Gasteiger partial charge on any atom is 0.253 e. The van der Waals surface area contributed by atoms with Crippen LogP contribution in [0, 0.1) is 0 Å². The molecule has 2 aromatic carbocycles. The Hall–Kier alpha value is -3.31. The normalized spacial score (nSPS) is 19.2. The molecule has 4 rings (SSSR count). The lowest BCUT2D eigenvalue weighted by Crippen LogP contribution is -2.53. The lowest BCUT2D eigenvalue weighted by molar-refractivity contribution is -0.0632. The van der Waals surface area contributed by atoms with Gasteiger partial charge < -0.3 is 20.3 Å². The second-order valence-electron chi connectivity index (χ2n) is 9.91. The van der Waals surface area contributed by atoms with E-state index in [1.165, 1.54) is 24.4 Å². The second-order valence-corrected chi connectivity index (χ2v) is 11.6. The van der Waals surface area contributed by atoms with Gasteiger partial charge in [-0.3, -0.25) is 4.79 Å². The largest absolute Gasteiger partial charge is 0.469 e. The fourth-order valence-electron chi connectivity index (χ4n) is 4.38. The number of aliphatic hydroxyl groups excluding tert-OH is 2. The number of hydrogen-bond acceptors (Lipinski definition) is 7. The van der Waals surface area contributed by atoms with Gasteiger partial charge in [0.25, 0.3) is 5.91 Å². The van der Waals surface area contributed by atoms with Crippen molar-refractivity contribution in [1.82, 2.24) is 15.0 Å². The number of benzene rings is 2. The van der Waals surface area contributed by atoms with Crippen LogP contribution in [0.4, 0.5) is 0 Å². The topological polar surface area (TPSA) is 138 Å². The molecule has 0 unspecified atom stereocenters. The molecule has 4 N–H and O–H groups in total. The van der Waals surface area contributed by atoms with Gasteiger partial charge in [-0.05, 0) is 56.0 Å². The van der Waals surface area contributed by atoms with Crippen LogP contribution in [-0.4, -0.2) is 53.9 Å². The fraction of sp³-hybridized carbons (Fsp3) is 0.357. The zero-order valence-corrected chi connectivity index (χ0v) is 22.4. The Morgan fingerprint density at radius 2 is 1.79 bits per heavy atom. The van der Waals surface area contributed by atoms with E-state index in [0.29, 0.717) is 6.42 Å². The number of hydrogen-bond donors (Lipinski definition) is 4. The number of aromatic nitrogens is 1. The average Bonchev–Trinajstić information content (AvgIpc) is 2.91. The number of fused-ring (bicyclic) bond motifs is 1. The van der Waals surface area contributed by atoms with Crippen LogP contribution in [0.5, 0.6) is 5.88 Å². The van der Waals surface area contributed by atoms with E-state index in [9.17, 15) is 23.4 Å². The molecule has 0 saturated heterocycles. The van der Waals surface area contributed by atoms with E-state index in [1.807, 2.05) is 37.3 Å². The van der Waals surface area contributed by atoms with Gasteiger partial charge >= 0.3 is 0 Å². The molecule has 1 aliphatic heterocycles. The first-order valence-electron chi connectivity index (χ1n) is 12.5. The lowest BCUT2D eigenvalue weighted by Gasteiger charge is -2.41. The smallest absolute Gasteiger partial charge is 0.253 e. The molecule has 0 aliphatic carbocycles. The average molecular weight is 540 g/mol. The summed E-state index contributed by atoms with van der Waals surface area (Å²) in [6.45, 7) is 4.98. The molecule has 9 nitrogen and oxygen atoms in total. The highest BCUT2D eigenvalue weighted by Gasteiger charge is 2.45. The number of aliphatic hydroxyl groups is 2. The van der Waals surface area contributed by atoms with Crippen LogP contribution in [0.15, 0.2) is 71.8 Å². The number of nitrogens with zero attached hydrogens (tertiary/aromatic N) is 1.